The SMILES string of the molecule is C/C=C/[C@H]1O[C@@](O)([C@@H](C)[C@H](O)[C@H](C)[C@H]2OC(=O)/C(OC)=C/C(C)=C/[C@@H](C)[C@@H](O)[C@@H](C)[C@@H](O)[C@H](C)C/C(C)=C/C=C/[C@@H]2OC)C[C@@H](O[C@H]2C[C@@H](OC(C)=O)[C@H](OC(N)=O)[C@@H](C)O2)[C@@H]1C. The van der Waals surface area contributed by atoms with E-state index in [1.165, 1.54) is 27.2 Å². The number of allylic oxidation sites excluding steroid dienone is 6. The van der Waals surface area contributed by atoms with Crippen molar-refractivity contribution in [3.63, 3.8) is 0 Å². The molecule has 0 aromatic heterocycles. The molecule has 3 rings (SSSR count). The van der Waals surface area contributed by atoms with Crippen LogP contribution in [0, 0.1) is 35.5 Å². The summed E-state index contributed by atoms with van der Waals surface area (Å²) >= 11 is 0. The minimum atomic E-state index is -2.00. The monoisotopic (exact) mass is 894 g/mol. The van der Waals surface area contributed by atoms with Crippen molar-refractivity contribution in [2.24, 2.45) is 41.2 Å². The van der Waals surface area contributed by atoms with Crippen molar-refractivity contribution < 1.29 is 72.7 Å². The van der Waals surface area contributed by atoms with E-state index in [0.29, 0.717) is 12.0 Å². The first-order chi connectivity index (χ1) is 29.5. The van der Waals surface area contributed by atoms with E-state index in [1.54, 1.807) is 58.1 Å². The number of methoxy groups -OCH3 is 2. The molecular weight excluding hydrogens is 819 g/mol. The van der Waals surface area contributed by atoms with Crippen molar-refractivity contribution in [3.8, 4) is 0 Å². The molecule has 0 saturated carbocycles. The molecule has 3 heterocycles. The molecular formula is C47H75NO15. The Hall–Kier alpha value is -3.61. The molecule has 0 radical (unpaired) electrons. The average Bonchev–Trinajstić information content (AvgIpc) is 3.21. The van der Waals surface area contributed by atoms with Crippen molar-refractivity contribution in [1.82, 2.24) is 0 Å². The van der Waals surface area contributed by atoms with E-state index in [2.05, 4.69) is 0 Å². The highest BCUT2D eigenvalue weighted by Gasteiger charge is 2.53. The van der Waals surface area contributed by atoms with Crippen LogP contribution in [0.1, 0.15) is 95.4 Å². The molecule has 18 atom stereocenters. The summed E-state index contributed by atoms with van der Waals surface area (Å²) < 4.78 is 47.3. The molecule has 16 nitrogen and oxygen atoms in total. The van der Waals surface area contributed by atoms with Crippen LogP contribution in [0.5, 0.6) is 0 Å². The molecule has 63 heavy (non-hydrogen) atoms. The third-order valence-electron chi connectivity index (χ3n) is 12.8. The number of hydrogen-bond donors (Lipinski definition) is 5. The van der Waals surface area contributed by atoms with Crippen LogP contribution in [0.4, 0.5) is 4.79 Å². The lowest BCUT2D eigenvalue weighted by atomic mass is 9.77. The van der Waals surface area contributed by atoms with Crippen molar-refractivity contribution in [3.05, 3.63) is 59.4 Å². The first-order valence-corrected chi connectivity index (χ1v) is 22.0. The van der Waals surface area contributed by atoms with E-state index >= 15 is 0 Å². The lowest BCUT2D eigenvalue weighted by Gasteiger charge is -2.50. The lowest BCUT2D eigenvalue weighted by Crippen LogP contribution is -2.59. The quantitative estimate of drug-likeness (QED) is 0.102. The van der Waals surface area contributed by atoms with Crippen molar-refractivity contribution in [1.29, 1.82) is 0 Å². The minimum Gasteiger partial charge on any atom is -0.490 e. The van der Waals surface area contributed by atoms with Gasteiger partial charge >= 0.3 is 18.0 Å². The van der Waals surface area contributed by atoms with Gasteiger partial charge < -0.3 is 64.1 Å². The molecule has 3 aliphatic heterocycles. The number of aliphatic hydroxyl groups excluding tert-OH is 3. The molecule has 0 unspecified atom stereocenters. The number of rotatable bonds is 11. The van der Waals surface area contributed by atoms with Gasteiger partial charge in [0.1, 0.15) is 18.3 Å². The Labute approximate surface area is 373 Å². The van der Waals surface area contributed by atoms with Crippen molar-refractivity contribution in [2.75, 3.05) is 14.2 Å². The van der Waals surface area contributed by atoms with Gasteiger partial charge in [-0.2, -0.15) is 0 Å². The van der Waals surface area contributed by atoms with E-state index in [9.17, 15) is 34.8 Å². The number of aliphatic hydroxyl groups is 4. The number of ether oxygens (including phenoxy) is 8. The van der Waals surface area contributed by atoms with Gasteiger partial charge in [0.2, 0.25) is 5.76 Å². The second-order valence-corrected chi connectivity index (χ2v) is 17.9. The molecule has 2 saturated heterocycles. The second kappa shape index (κ2) is 24.1. The van der Waals surface area contributed by atoms with E-state index in [4.69, 9.17) is 43.6 Å². The second-order valence-electron chi connectivity index (χ2n) is 17.9. The molecule has 358 valence electrons. The highest BCUT2D eigenvalue weighted by molar-refractivity contribution is 5.87. The molecule has 16 heteroatoms. The Kier molecular flexibility index (Phi) is 20.5. The standard InChI is InChI=1S/C47H75NO15/c1-14-16-34-28(6)38(60-39-22-36(59-33(11)49)44(32(10)58-39)62-46(48)54)23-47(55,63-34)31(9)42(52)30(8)43-35(56-12)18-15-17-24(2)19-26(4)40(50)29(7)41(51)27(5)20-25(3)21-37(57-13)45(53)61-43/h14-18,20-21,26-32,34-36,38-44,50-52,55H,19,22-23H2,1-13H3,(H2,48,54)/b16-14+,18-15+,24-17+,25-20+,37-21-/t26-,27-,28-,29+,30+,31+,32-,34-,35+,36-,38-,39+,40+,41-,42-,43-,44-,47-/m1/s1. The molecule has 6 N–H and O–H groups in total. The predicted octanol–water partition coefficient (Wildman–Crippen LogP) is 5.16. The third kappa shape index (κ3) is 14.4. The van der Waals surface area contributed by atoms with Crippen LogP contribution in [0.2, 0.25) is 0 Å². The smallest absolute Gasteiger partial charge is 0.404 e. The van der Waals surface area contributed by atoms with Crippen LogP contribution in [0.25, 0.3) is 0 Å². The number of hydrogen-bond acceptors (Lipinski definition) is 15. The summed E-state index contributed by atoms with van der Waals surface area (Å²) in [5.74, 6) is -6.81. The maximum absolute atomic E-state index is 13.9. The summed E-state index contributed by atoms with van der Waals surface area (Å²) in [4.78, 5) is 37.6. The fraction of sp³-hybridized carbons (Fsp3) is 0.723. The van der Waals surface area contributed by atoms with Gasteiger partial charge in [-0.1, -0.05) is 89.1 Å². The Morgan fingerprint density at radius 3 is 2.27 bits per heavy atom. The van der Waals surface area contributed by atoms with Gasteiger partial charge in [0.15, 0.2) is 18.2 Å². The van der Waals surface area contributed by atoms with Crippen LogP contribution in [-0.2, 0) is 47.5 Å². The van der Waals surface area contributed by atoms with E-state index < -0.39 is 109 Å². The Bertz CT molecular complexity index is 1680. The molecule has 0 bridgehead atoms. The molecule has 0 spiro atoms. The molecule has 2 fully saturated rings. The molecule has 0 aromatic rings. The number of carbonyl (C=O) groups is 3. The zero-order valence-electron chi connectivity index (χ0n) is 39.3. The summed E-state index contributed by atoms with van der Waals surface area (Å²) in [6.07, 6.45) is 1.47. The first kappa shape index (κ1) is 53.7. The summed E-state index contributed by atoms with van der Waals surface area (Å²) in [6, 6.07) is 0. The van der Waals surface area contributed by atoms with Gasteiger partial charge in [-0.3, -0.25) is 4.79 Å². The maximum atomic E-state index is 13.9. The fourth-order valence-corrected chi connectivity index (χ4v) is 8.95. The summed E-state index contributed by atoms with van der Waals surface area (Å²) in [7, 11) is 2.79. The van der Waals surface area contributed by atoms with Gasteiger partial charge in [-0.25, -0.2) is 9.59 Å². The summed E-state index contributed by atoms with van der Waals surface area (Å²) in [5, 5.41) is 47.0. The van der Waals surface area contributed by atoms with E-state index in [-0.39, 0.29) is 36.4 Å². The Morgan fingerprint density at radius 1 is 1.02 bits per heavy atom. The maximum Gasteiger partial charge on any atom is 0.404 e. The molecule has 0 aliphatic carbocycles. The van der Waals surface area contributed by atoms with E-state index in [0.717, 1.165) is 5.57 Å². The minimum absolute atomic E-state index is 0.00403. The van der Waals surface area contributed by atoms with Crippen LogP contribution >= 0.6 is 0 Å². The van der Waals surface area contributed by atoms with Crippen LogP contribution in [0.3, 0.4) is 0 Å². The Balaban J connectivity index is 2.01. The highest BCUT2D eigenvalue weighted by atomic mass is 16.7. The van der Waals surface area contributed by atoms with Crippen molar-refractivity contribution in [2.45, 2.75) is 169 Å². The third-order valence-corrected chi connectivity index (χ3v) is 12.8. The van der Waals surface area contributed by atoms with Crippen molar-refractivity contribution >= 4 is 18.0 Å². The summed E-state index contributed by atoms with van der Waals surface area (Å²) in [5.41, 5.74) is 6.85. The zero-order chi connectivity index (χ0) is 47.5. The number of nitrogens with two attached hydrogens (primary N) is 1. The fourth-order valence-electron chi connectivity index (χ4n) is 8.95. The summed E-state index contributed by atoms with van der Waals surface area (Å²) in [6.45, 7) is 19.2. The molecule has 3 aliphatic rings. The van der Waals surface area contributed by atoms with Crippen LogP contribution in [0.15, 0.2) is 59.4 Å². The predicted molar refractivity (Wildman–Crippen MR) is 233 cm³/mol. The van der Waals surface area contributed by atoms with Gasteiger partial charge in [0, 0.05) is 56.5 Å². The number of carbonyl (C=O) groups excluding carboxylic acids is 3. The first-order valence-electron chi connectivity index (χ1n) is 22.0. The Morgan fingerprint density at radius 2 is 1.68 bits per heavy atom. The largest absolute Gasteiger partial charge is 0.490 e. The lowest BCUT2D eigenvalue weighted by molar-refractivity contribution is -0.339. The van der Waals surface area contributed by atoms with Gasteiger partial charge in [0.25, 0.3) is 0 Å². The van der Waals surface area contributed by atoms with Gasteiger partial charge in [-0.15, -0.1) is 0 Å². The number of cyclic esters (lactones) is 1. The molecule has 1 amide bonds. The topological polar surface area (TPSA) is 232 Å². The normalized spacial score (nSPS) is 41.1. The molecule has 0 aromatic carbocycles. The number of primary amides is 1. The van der Waals surface area contributed by atoms with Gasteiger partial charge in [0.05, 0.1) is 43.7 Å². The average molecular weight is 894 g/mol. The highest BCUT2D eigenvalue weighted by Crippen LogP contribution is 2.42. The van der Waals surface area contributed by atoms with E-state index in [1.807, 2.05) is 47.6 Å². The zero-order valence-corrected chi connectivity index (χ0v) is 39.3. The number of amides is 1. The van der Waals surface area contributed by atoms with Gasteiger partial charge in [-0.05, 0) is 46.1 Å². The number of esters is 2. The van der Waals surface area contributed by atoms with Crippen LogP contribution in [-0.4, -0.2) is 126 Å². The van der Waals surface area contributed by atoms with Crippen LogP contribution < -0.4 is 5.73 Å².